The molecule has 1 aromatic rings. The maximum atomic E-state index is 11.6. The summed E-state index contributed by atoms with van der Waals surface area (Å²) in [7, 11) is 0. The number of benzene rings is 1. The van der Waals surface area contributed by atoms with Crippen LogP contribution in [0.3, 0.4) is 0 Å². The molecule has 1 aliphatic carbocycles. The molecule has 2 nitrogen and oxygen atoms in total. The van der Waals surface area contributed by atoms with E-state index in [1.807, 2.05) is 13.0 Å². The van der Waals surface area contributed by atoms with Crippen LogP contribution in [-0.4, -0.2) is 5.78 Å². The summed E-state index contributed by atoms with van der Waals surface area (Å²) in [4.78, 5) is 11.6. The maximum Gasteiger partial charge on any atom is 0.163 e. The molecular formula is C12H11NO. The van der Waals surface area contributed by atoms with Gasteiger partial charge in [-0.2, -0.15) is 5.26 Å². The number of nitriles is 1. The van der Waals surface area contributed by atoms with Gasteiger partial charge in [0.2, 0.25) is 0 Å². The fourth-order valence-corrected chi connectivity index (χ4v) is 1.93. The third kappa shape index (κ3) is 1.31. The van der Waals surface area contributed by atoms with Crippen molar-refractivity contribution < 1.29 is 4.79 Å². The van der Waals surface area contributed by atoms with Gasteiger partial charge in [0.25, 0.3) is 0 Å². The molecule has 0 aromatic heterocycles. The van der Waals surface area contributed by atoms with Crippen LogP contribution in [0.25, 0.3) is 0 Å². The van der Waals surface area contributed by atoms with Crippen molar-refractivity contribution in [1.82, 2.24) is 0 Å². The molecule has 0 aliphatic heterocycles. The molecule has 0 N–H and O–H groups in total. The predicted octanol–water partition coefficient (Wildman–Crippen LogP) is 2.39. The molecule has 0 atom stereocenters. The van der Waals surface area contributed by atoms with Gasteiger partial charge in [-0.3, -0.25) is 4.79 Å². The average molecular weight is 185 g/mol. The summed E-state index contributed by atoms with van der Waals surface area (Å²) >= 11 is 0. The van der Waals surface area contributed by atoms with Gasteiger partial charge in [-0.1, -0.05) is 6.07 Å². The summed E-state index contributed by atoms with van der Waals surface area (Å²) in [6.07, 6.45) is 2.53. The van der Waals surface area contributed by atoms with E-state index >= 15 is 0 Å². The highest BCUT2D eigenvalue weighted by molar-refractivity contribution is 5.98. The molecule has 0 unspecified atom stereocenters. The van der Waals surface area contributed by atoms with Crippen molar-refractivity contribution in [3.63, 3.8) is 0 Å². The lowest BCUT2D eigenvalue weighted by atomic mass is 9.88. The Labute approximate surface area is 83.2 Å². The smallest absolute Gasteiger partial charge is 0.163 e. The maximum absolute atomic E-state index is 11.6. The average Bonchev–Trinajstić information content (AvgIpc) is 2.17. The van der Waals surface area contributed by atoms with E-state index in [9.17, 15) is 4.79 Å². The highest BCUT2D eigenvalue weighted by atomic mass is 16.1. The summed E-state index contributed by atoms with van der Waals surface area (Å²) in [5.74, 6) is 0.183. The van der Waals surface area contributed by atoms with Gasteiger partial charge in [0.05, 0.1) is 11.6 Å². The van der Waals surface area contributed by atoms with Gasteiger partial charge >= 0.3 is 0 Å². The quantitative estimate of drug-likeness (QED) is 0.622. The van der Waals surface area contributed by atoms with Crippen LogP contribution in [0.5, 0.6) is 0 Å². The number of aryl methyl sites for hydroxylation is 2. The predicted molar refractivity (Wildman–Crippen MR) is 53.2 cm³/mol. The number of Topliss-reactive ketones (excluding diaryl/α,β-unsaturated/α-hetero) is 1. The minimum Gasteiger partial charge on any atom is -0.294 e. The number of hydrogen-bond donors (Lipinski definition) is 0. The monoisotopic (exact) mass is 185 g/mol. The summed E-state index contributed by atoms with van der Waals surface area (Å²) < 4.78 is 0. The highest BCUT2D eigenvalue weighted by Crippen LogP contribution is 2.24. The molecule has 14 heavy (non-hydrogen) atoms. The highest BCUT2D eigenvalue weighted by Gasteiger charge is 2.18. The Balaban J connectivity index is 2.62. The molecule has 1 aromatic carbocycles. The van der Waals surface area contributed by atoms with Gasteiger partial charge in [0.15, 0.2) is 5.78 Å². The number of carbonyl (C=O) groups excluding carboxylic acids is 1. The van der Waals surface area contributed by atoms with Crippen molar-refractivity contribution in [2.45, 2.75) is 26.2 Å². The van der Waals surface area contributed by atoms with E-state index in [2.05, 4.69) is 6.07 Å². The first-order chi connectivity index (χ1) is 6.72. The second-order valence-corrected chi connectivity index (χ2v) is 3.71. The molecular weight excluding hydrogens is 174 g/mol. The van der Waals surface area contributed by atoms with E-state index in [1.165, 1.54) is 0 Å². The molecule has 0 saturated heterocycles. The summed E-state index contributed by atoms with van der Waals surface area (Å²) in [5, 5.41) is 8.84. The molecule has 2 heteroatoms. The first kappa shape index (κ1) is 8.96. The minimum absolute atomic E-state index is 0.183. The fourth-order valence-electron chi connectivity index (χ4n) is 1.93. The van der Waals surface area contributed by atoms with Crippen molar-refractivity contribution in [2.75, 3.05) is 0 Å². The third-order valence-electron chi connectivity index (χ3n) is 2.72. The Kier molecular flexibility index (Phi) is 2.09. The normalized spacial score (nSPS) is 14.7. The first-order valence-corrected chi connectivity index (χ1v) is 4.79. The van der Waals surface area contributed by atoms with Crippen LogP contribution in [0, 0.1) is 18.3 Å². The number of rotatable bonds is 0. The minimum atomic E-state index is 0.183. The third-order valence-corrected chi connectivity index (χ3v) is 2.72. The molecule has 0 bridgehead atoms. The lowest BCUT2D eigenvalue weighted by Crippen LogP contribution is -2.11. The number of fused-ring (bicyclic) bond motifs is 1. The van der Waals surface area contributed by atoms with Gasteiger partial charge in [-0.25, -0.2) is 0 Å². The molecule has 0 saturated carbocycles. The topological polar surface area (TPSA) is 40.9 Å². The molecule has 0 radical (unpaired) electrons. The van der Waals surface area contributed by atoms with Crippen molar-refractivity contribution in [3.8, 4) is 6.07 Å². The largest absolute Gasteiger partial charge is 0.294 e. The zero-order valence-corrected chi connectivity index (χ0v) is 8.13. The van der Waals surface area contributed by atoms with E-state index in [0.29, 0.717) is 12.0 Å². The van der Waals surface area contributed by atoms with Gasteiger partial charge < -0.3 is 0 Å². The van der Waals surface area contributed by atoms with E-state index in [-0.39, 0.29) is 5.78 Å². The van der Waals surface area contributed by atoms with Crippen molar-refractivity contribution in [2.24, 2.45) is 0 Å². The van der Waals surface area contributed by atoms with Crippen LogP contribution in [0.4, 0.5) is 0 Å². The van der Waals surface area contributed by atoms with E-state index < -0.39 is 0 Å². The Morgan fingerprint density at radius 2 is 2.14 bits per heavy atom. The second-order valence-electron chi connectivity index (χ2n) is 3.71. The van der Waals surface area contributed by atoms with Crippen LogP contribution in [0.2, 0.25) is 0 Å². The first-order valence-electron chi connectivity index (χ1n) is 4.79. The van der Waals surface area contributed by atoms with Crippen LogP contribution in [-0.2, 0) is 6.42 Å². The molecule has 0 fully saturated rings. The number of nitrogens with zero attached hydrogens (tertiary/aromatic N) is 1. The van der Waals surface area contributed by atoms with Crippen LogP contribution >= 0.6 is 0 Å². The van der Waals surface area contributed by atoms with Gasteiger partial charge in [0.1, 0.15) is 0 Å². The fraction of sp³-hybridized carbons (Fsp3) is 0.333. The number of ketones is 1. The molecule has 0 spiro atoms. The van der Waals surface area contributed by atoms with Gasteiger partial charge in [-0.05, 0) is 37.0 Å². The summed E-state index contributed by atoms with van der Waals surface area (Å²) in [6.45, 7) is 1.91. The van der Waals surface area contributed by atoms with Crippen LogP contribution in [0.15, 0.2) is 12.1 Å². The molecule has 0 heterocycles. The zero-order valence-electron chi connectivity index (χ0n) is 8.13. The zero-order chi connectivity index (χ0) is 10.1. The number of hydrogen-bond acceptors (Lipinski definition) is 2. The SMILES string of the molecule is Cc1cc2c(cc1C#N)C(=O)CCC2. The number of carbonyl (C=O) groups is 1. The molecule has 0 amide bonds. The van der Waals surface area contributed by atoms with E-state index in [0.717, 1.165) is 29.5 Å². The summed E-state index contributed by atoms with van der Waals surface area (Å²) in [5.41, 5.74) is 3.47. The van der Waals surface area contributed by atoms with Gasteiger partial charge in [-0.15, -0.1) is 0 Å². The Hall–Kier alpha value is -1.62. The summed E-state index contributed by atoms with van der Waals surface area (Å²) in [6, 6.07) is 5.83. The van der Waals surface area contributed by atoms with Crippen molar-refractivity contribution in [1.29, 1.82) is 5.26 Å². The van der Waals surface area contributed by atoms with Crippen molar-refractivity contribution in [3.05, 3.63) is 34.4 Å². The lowest BCUT2D eigenvalue weighted by molar-refractivity contribution is 0.0972. The van der Waals surface area contributed by atoms with Gasteiger partial charge in [0, 0.05) is 12.0 Å². The molecule has 70 valence electrons. The van der Waals surface area contributed by atoms with E-state index in [1.54, 1.807) is 6.07 Å². The van der Waals surface area contributed by atoms with Crippen LogP contribution < -0.4 is 0 Å². The molecule has 2 rings (SSSR count). The Morgan fingerprint density at radius 1 is 1.36 bits per heavy atom. The van der Waals surface area contributed by atoms with Crippen LogP contribution in [0.1, 0.15) is 39.9 Å². The van der Waals surface area contributed by atoms with E-state index in [4.69, 9.17) is 5.26 Å². The lowest BCUT2D eigenvalue weighted by Gasteiger charge is -2.15. The second kappa shape index (κ2) is 3.26. The standard InChI is InChI=1S/C12H11NO/c1-8-5-9-3-2-4-12(14)11(9)6-10(8)7-13/h5-6H,2-4H2,1H3. The Morgan fingerprint density at radius 3 is 2.86 bits per heavy atom. The Bertz CT molecular complexity index is 440. The molecule has 1 aliphatic rings. The van der Waals surface area contributed by atoms with Crippen molar-refractivity contribution >= 4 is 5.78 Å².